The van der Waals surface area contributed by atoms with E-state index in [2.05, 4.69) is 217 Å². The Kier molecular flexibility index (Phi) is 8.89. The molecule has 0 radical (unpaired) electrons. The number of para-hydroxylation sites is 3. The molecule has 11 rings (SSSR count). The highest BCUT2D eigenvalue weighted by atomic mass is 16.5. The van der Waals surface area contributed by atoms with Crippen molar-refractivity contribution in [3.8, 4) is 56.4 Å². The van der Waals surface area contributed by atoms with E-state index in [1.165, 1.54) is 12.0 Å². The molecule has 0 aromatic heterocycles. The van der Waals surface area contributed by atoms with E-state index in [0.29, 0.717) is 0 Å². The second-order valence-electron chi connectivity index (χ2n) is 15.5. The molecule has 288 valence electrons. The zero-order chi connectivity index (χ0) is 40.0. The van der Waals surface area contributed by atoms with Crippen LogP contribution < -0.4 is 19.3 Å². The molecule has 0 spiro atoms. The topological polar surface area (TPSA) is 24.9 Å². The standard InChI is InChI=1S/C56H42N2O2/c1-2-40(35-38-17-7-3-8-18-38)57(41-21-11-5-12-22-41)43-27-29-46-48-31-34-52-56-49(32-33-51(55(48)56)59-53(46)36-43)47-30-28-44(37-54(47)60-52)58(42-23-13-6-14-24-42)50-26-16-15-25-45(50)39-19-9-4-10-20-39/h2,4-7,9-17,19-37H,3,8,18H2,1H3/b38-35-,40-2+. The molecule has 0 unspecified atom stereocenters. The molecule has 0 N–H and O–H groups in total. The van der Waals surface area contributed by atoms with E-state index in [0.717, 1.165) is 114 Å². The number of nitrogens with zero attached hydrogens (tertiary/aromatic N) is 2. The summed E-state index contributed by atoms with van der Waals surface area (Å²) in [4.78, 5) is 4.65. The van der Waals surface area contributed by atoms with Crippen LogP contribution in [0.4, 0.5) is 28.4 Å². The summed E-state index contributed by atoms with van der Waals surface area (Å²) >= 11 is 0. The number of rotatable bonds is 8. The van der Waals surface area contributed by atoms with Gasteiger partial charge >= 0.3 is 0 Å². The van der Waals surface area contributed by atoms with Gasteiger partial charge in [-0.05, 0) is 133 Å². The fraction of sp³-hybridized carbons (Fsp3) is 0.0714. The van der Waals surface area contributed by atoms with Crippen molar-refractivity contribution in [3.05, 3.63) is 211 Å². The summed E-state index contributed by atoms with van der Waals surface area (Å²) < 4.78 is 13.8. The van der Waals surface area contributed by atoms with Crippen LogP contribution in [0.1, 0.15) is 26.2 Å². The Labute approximate surface area is 351 Å². The molecule has 0 saturated carbocycles. The van der Waals surface area contributed by atoms with Crippen LogP contribution in [-0.2, 0) is 0 Å². The Balaban J connectivity index is 0.993. The van der Waals surface area contributed by atoms with Gasteiger partial charge in [0.1, 0.15) is 23.0 Å². The SMILES string of the molecule is C/C=C(\C=C1\C=CCCC1)N(c1ccccc1)c1ccc2c(c1)Oc1ccc3c4c(ccc-2c14)Oc1cc(N(c2ccccc2)c2ccccc2-c2ccccc2)ccc1-3. The van der Waals surface area contributed by atoms with Crippen molar-refractivity contribution in [2.75, 3.05) is 9.80 Å². The maximum atomic E-state index is 6.89. The number of hydrogen-bond donors (Lipinski definition) is 0. The van der Waals surface area contributed by atoms with Crippen LogP contribution >= 0.6 is 0 Å². The molecule has 0 atom stereocenters. The van der Waals surface area contributed by atoms with Crippen LogP contribution in [0.25, 0.3) is 44.2 Å². The predicted molar refractivity (Wildman–Crippen MR) is 248 cm³/mol. The van der Waals surface area contributed by atoms with Crippen molar-refractivity contribution >= 4 is 39.2 Å². The third kappa shape index (κ3) is 6.16. The fourth-order valence-corrected chi connectivity index (χ4v) is 9.09. The first kappa shape index (κ1) is 35.6. The van der Waals surface area contributed by atoms with E-state index < -0.39 is 0 Å². The van der Waals surface area contributed by atoms with Gasteiger partial charge in [-0.1, -0.05) is 103 Å². The zero-order valence-corrected chi connectivity index (χ0v) is 33.4. The molecular weight excluding hydrogens is 733 g/mol. The monoisotopic (exact) mass is 774 g/mol. The van der Waals surface area contributed by atoms with Crippen molar-refractivity contribution in [2.24, 2.45) is 0 Å². The normalized spacial score (nSPS) is 14.2. The second-order valence-corrected chi connectivity index (χ2v) is 15.5. The lowest BCUT2D eigenvalue weighted by Gasteiger charge is -2.31. The average molecular weight is 775 g/mol. The summed E-state index contributed by atoms with van der Waals surface area (Å²) in [6.07, 6.45) is 12.5. The summed E-state index contributed by atoms with van der Waals surface area (Å²) in [5.41, 5.74) is 14.5. The van der Waals surface area contributed by atoms with Gasteiger partial charge in [-0.25, -0.2) is 0 Å². The lowest BCUT2D eigenvalue weighted by Crippen LogP contribution is -2.16. The molecule has 4 heteroatoms. The first-order valence-corrected chi connectivity index (χ1v) is 20.8. The summed E-state index contributed by atoms with van der Waals surface area (Å²) in [5.74, 6) is 3.32. The molecule has 0 fully saturated rings. The number of benzene rings is 8. The molecule has 0 saturated heterocycles. The molecular formula is C56H42N2O2. The molecule has 3 aliphatic rings. The molecule has 4 nitrogen and oxygen atoms in total. The molecule has 1 aliphatic carbocycles. The average Bonchev–Trinajstić information content (AvgIpc) is 3.31. The van der Waals surface area contributed by atoms with Gasteiger partial charge < -0.3 is 19.3 Å². The van der Waals surface area contributed by atoms with Gasteiger partial charge in [0.15, 0.2) is 0 Å². The zero-order valence-electron chi connectivity index (χ0n) is 33.4. The molecule has 60 heavy (non-hydrogen) atoms. The highest BCUT2D eigenvalue weighted by Gasteiger charge is 2.30. The van der Waals surface area contributed by atoms with Crippen molar-refractivity contribution in [2.45, 2.75) is 26.2 Å². The Morgan fingerprint density at radius 1 is 0.500 bits per heavy atom. The van der Waals surface area contributed by atoms with E-state index in [-0.39, 0.29) is 0 Å². The van der Waals surface area contributed by atoms with Gasteiger partial charge in [-0.2, -0.15) is 0 Å². The van der Waals surface area contributed by atoms with Crippen molar-refractivity contribution < 1.29 is 9.47 Å². The summed E-state index contributed by atoms with van der Waals surface area (Å²) in [6.45, 7) is 2.12. The minimum absolute atomic E-state index is 0.822. The third-order valence-corrected chi connectivity index (χ3v) is 11.9. The van der Waals surface area contributed by atoms with Crippen molar-refractivity contribution in [1.29, 1.82) is 0 Å². The number of ether oxygens (including phenoxy) is 2. The summed E-state index contributed by atoms with van der Waals surface area (Å²) in [7, 11) is 0. The first-order valence-electron chi connectivity index (χ1n) is 20.8. The summed E-state index contributed by atoms with van der Waals surface area (Å²) in [6, 6.07) is 62.2. The van der Waals surface area contributed by atoms with Crippen molar-refractivity contribution in [1.82, 2.24) is 0 Å². The molecule has 8 aromatic rings. The van der Waals surface area contributed by atoms with Crippen LogP contribution in [0.3, 0.4) is 0 Å². The minimum Gasteiger partial charge on any atom is -0.456 e. The Morgan fingerprint density at radius 3 is 1.70 bits per heavy atom. The van der Waals surface area contributed by atoms with Crippen LogP contribution in [-0.4, -0.2) is 0 Å². The van der Waals surface area contributed by atoms with E-state index in [1.54, 1.807) is 0 Å². The maximum absolute atomic E-state index is 6.89. The molecule has 8 aromatic carbocycles. The van der Waals surface area contributed by atoms with E-state index in [4.69, 9.17) is 9.47 Å². The number of fused-ring (bicyclic) bond motifs is 4. The Hall–Kier alpha value is -7.56. The smallest absolute Gasteiger partial charge is 0.137 e. The summed E-state index contributed by atoms with van der Waals surface area (Å²) in [5, 5.41) is 2.15. The fourth-order valence-electron chi connectivity index (χ4n) is 9.09. The highest BCUT2D eigenvalue weighted by Crippen LogP contribution is 2.56. The quantitative estimate of drug-likeness (QED) is 0.153. The molecule has 2 heterocycles. The van der Waals surface area contributed by atoms with Gasteiger partial charge in [0.05, 0.1) is 5.69 Å². The molecule has 0 amide bonds. The predicted octanol–water partition coefficient (Wildman–Crippen LogP) is 16.2. The van der Waals surface area contributed by atoms with Crippen LogP contribution in [0.15, 0.2) is 211 Å². The van der Waals surface area contributed by atoms with Gasteiger partial charge in [-0.3, -0.25) is 0 Å². The van der Waals surface area contributed by atoms with E-state index in [1.807, 2.05) is 0 Å². The van der Waals surface area contributed by atoms with Gasteiger partial charge in [0.25, 0.3) is 0 Å². The first-order chi connectivity index (χ1) is 29.7. The van der Waals surface area contributed by atoms with Crippen molar-refractivity contribution in [3.63, 3.8) is 0 Å². The van der Waals surface area contributed by atoms with Gasteiger partial charge in [0, 0.05) is 68.0 Å². The number of allylic oxidation sites excluding steroid dienone is 5. The lowest BCUT2D eigenvalue weighted by atomic mass is 9.88. The largest absolute Gasteiger partial charge is 0.456 e. The number of anilines is 5. The van der Waals surface area contributed by atoms with Crippen LogP contribution in [0.5, 0.6) is 23.0 Å². The molecule has 0 bridgehead atoms. The Morgan fingerprint density at radius 2 is 1.07 bits per heavy atom. The number of hydrogen-bond acceptors (Lipinski definition) is 4. The Bertz CT molecular complexity index is 3020. The van der Waals surface area contributed by atoms with Crippen LogP contribution in [0.2, 0.25) is 0 Å². The van der Waals surface area contributed by atoms with Crippen LogP contribution in [0, 0.1) is 0 Å². The minimum atomic E-state index is 0.822. The molecule has 2 aliphatic heterocycles. The third-order valence-electron chi connectivity index (χ3n) is 11.9. The van der Waals surface area contributed by atoms with E-state index in [9.17, 15) is 0 Å². The highest BCUT2D eigenvalue weighted by molar-refractivity contribution is 6.14. The van der Waals surface area contributed by atoms with Gasteiger partial charge in [0.2, 0.25) is 0 Å². The van der Waals surface area contributed by atoms with E-state index >= 15 is 0 Å². The maximum Gasteiger partial charge on any atom is 0.137 e. The van der Waals surface area contributed by atoms with Gasteiger partial charge in [-0.15, -0.1) is 0 Å². The lowest BCUT2D eigenvalue weighted by molar-refractivity contribution is 0.480. The second kappa shape index (κ2) is 15.0.